The summed E-state index contributed by atoms with van der Waals surface area (Å²) in [7, 11) is 1.62. The van der Waals surface area contributed by atoms with Crippen LogP contribution in [0.3, 0.4) is 0 Å². The van der Waals surface area contributed by atoms with Gasteiger partial charge in [-0.15, -0.1) is 16.4 Å². The van der Waals surface area contributed by atoms with Gasteiger partial charge in [0.15, 0.2) is 10.3 Å². The van der Waals surface area contributed by atoms with Crippen molar-refractivity contribution in [2.24, 2.45) is 0 Å². The topological polar surface area (TPSA) is 117 Å². The number of aromatic nitrogens is 6. The van der Waals surface area contributed by atoms with Crippen LogP contribution in [-0.2, 0) is 23.6 Å². The molecule has 1 amide bonds. The average Bonchev–Trinajstić information content (AvgIpc) is 3.67. The monoisotopic (exact) mass is 629 g/mol. The molecule has 0 fully saturated rings. The number of thioether (sulfide) groups is 1. The van der Waals surface area contributed by atoms with Crippen LogP contribution < -0.4 is 15.6 Å². The molecule has 0 atom stereocenters. The Morgan fingerprint density at radius 1 is 1.07 bits per heavy atom. The number of halogens is 1. The molecule has 0 radical (unpaired) electrons. The summed E-state index contributed by atoms with van der Waals surface area (Å²) < 4.78 is 8.32. The summed E-state index contributed by atoms with van der Waals surface area (Å²) in [6, 6.07) is 22.4. The van der Waals surface area contributed by atoms with Crippen LogP contribution in [0.5, 0.6) is 5.75 Å². The lowest BCUT2D eigenvalue weighted by Crippen LogP contribution is -2.24. The Morgan fingerprint density at radius 2 is 1.88 bits per heavy atom. The zero-order valence-corrected chi connectivity index (χ0v) is 25.2. The number of nitrogens with one attached hydrogen (secondary N) is 1. The molecular weight excluding hydrogens is 606 g/mol. The van der Waals surface area contributed by atoms with Crippen molar-refractivity contribution in [3.05, 3.63) is 111 Å². The number of anilines is 1. The molecule has 0 saturated heterocycles. The number of benzene rings is 3. The van der Waals surface area contributed by atoms with E-state index < -0.39 is 0 Å². The van der Waals surface area contributed by atoms with Crippen molar-refractivity contribution in [2.45, 2.75) is 24.0 Å². The standard InChI is InChI=1S/C30H24ClN7O3S2/c1-41-23-10-7-20(8-11-23)26-18-42-29(32-26)34-27(39)16-37-15-22(35-36-37)17-43-30-33-25-13-21(31)9-12-24(25)28(40)38(30)14-19-5-3-2-4-6-19/h2-13,15,18H,14,16-17H2,1H3,(H,32,34,39). The lowest BCUT2D eigenvalue weighted by molar-refractivity contribution is -0.116. The van der Waals surface area contributed by atoms with Crippen LogP contribution in [0.4, 0.5) is 5.13 Å². The molecule has 0 spiro atoms. The molecule has 0 saturated carbocycles. The molecule has 10 nitrogen and oxygen atoms in total. The summed E-state index contributed by atoms with van der Waals surface area (Å²) in [5.74, 6) is 0.884. The van der Waals surface area contributed by atoms with E-state index in [1.165, 1.54) is 27.8 Å². The summed E-state index contributed by atoms with van der Waals surface area (Å²) in [6.45, 7) is 0.345. The van der Waals surface area contributed by atoms with Crippen LogP contribution in [0.2, 0.25) is 5.02 Å². The van der Waals surface area contributed by atoms with Gasteiger partial charge in [0, 0.05) is 27.9 Å². The van der Waals surface area contributed by atoms with Crippen molar-refractivity contribution in [1.29, 1.82) is 0 Å². The van der Waals surface area contributed by atoms with Crippen LogP contribution in [0.15, 0.2) is 94.3 Å². The fraction of sp³-hybridized carbons (Fsp3) is 0.133. The van der Waals surface area contributed by atoms with E-state index in [0.29, 0.717) is 44.2 Å². The first-order chi connectivity index (χ1) is 20.9. The van der Waals surface area contributed by atoms with Crippen LogP contribution in [0.1, 0.15) is 11.3 Å². The van der Waals surface area contributed by atoms with Crippen LogP contribution in [-0.4, -0.2) is 42.5 Å². The summed E-state index contributed by atoms with van der Waals surface area (Å²) in [5, 5.41) is 15.1. The number of hydrogen-bond acceptors (Lipinski definition) is 9. The van der Waals surface area contributed by atoms with Crippen molar-refractivity contribution in [1.82, 2.24) is 29.5 Å². The fourth-order valence-electron chi connectivity index (χ4n) is 4.34. The molecule has 0 aliphatic rings. The third-order valence-electron chi connectivity index (χ3n) is 6.44. The summed E-state index contributed by atoms with van der Waals surface area (Å²) in [4.78, 5) is 35.4. The summed E-state index contributed by atoms with van der Waals surface area (Å²) in [5.41, 5.74) is 3.69. The van der Waals surface area contributed by atoms with Gasteiger partial charge >= 0.3 is 0 Å². The minimum atomic E-state index is -0.274. The Labute approximate surface area is 259 Å². The van der Waals surface area contributed by atoms with Gasteiger partial charge in [0.05, 0.1) is 35.9 Å². The first-order valence-electron chi connectivity index (χ1n) is 13.1. The van der Waals surface area contributed by atoms with Crippen molar-refractivity contribution in [2.75, 3.05) is 12.4 Å². The highest BCUT2D eigenvalue weighted by atomic mass is 35.5. The first kappa shape index (κ1) is 28.6. The Morgan fingerprint density at radius 3 is 2.67 bits per heavy atom. The molecular formula is C30H24ClN7O3S2. The second-order valence-electron chi connectivity index (χ2n) is 9.44. The van der Waals surface area contributed by atoms with Crippen molar-refractivity contribution in [3.63, 3.8) is 0 Å². The summed E-state index contributed by atoms with van der Waals surface area (Å²) >= 11 is 8.89. The largest absolute Gasteiger partial charge is 0.497 e. The molecule has 0 aliphatic carbocycles. The van der Waals surface area contributed by atoms with E-state index in [0.717, 1.165) is 22.6 Å². The average molecular weight is 630 g/mol. The molecule has 1 N–H and O–H groups in total. The molecule has 6 rings (SSSR count). The van der Waals surface area contributed by atoms with Gasteiger partial charge < -0.3 is 10.1 Å². The Hall–Kier alpha value is -4.52. The van der Waals surface area contributed by atoms with Gasteiger partial charge in [-0.1, -0.05) is 58.9 Å². The third kappa shape index (κ3) is 6.77. The van der Waals surface area contributed by atoms with Gasteiger partial charge in [-0.05, 0) is 48.0 Å². The molecule has 3 aromatic carbocycles. The molecule has 0 unspecified atom stereocenters. The van der Waals surface area contributed by atoms with Crippen molar-refractivity contribution >= 4 is 56.6 Å². The van der Waals surface area contributed by atoms with Gasteiger partial charge in [-0.2, -0.15) is 0 Å². The van der Waals surface area contributed by atoms with Crippen LogP contribution in [0, 0.1) is 0 Å². The van der Waals surface area contributed by atoms with Gasteiger partial charge in [-0.3, -0.25) is 14.2 Å². The maximum absolute atomic E-state index is 13.4. The number of carbonyl (C=O) groups excluding carboxylic acids is 1. The number of thiazole rings is 1. The van der Waals surface area contributed by atoms with E-state index in [1.807, 2.05) is 60.0 Å². The van der Waals surface area contributed by atoms with Crippen molar-refractivity contribution < 1.29 is 9.53 Å². The highest BCUT2D eigenvalue weighted by Crippen LogP contribution is 2.27. The van der Waals surface area contributed by atoms with Crippen LogP contribution in [0.25, 0.3) is 22.2 Å². The smallest absolute Gasteiger partial charge is 0.262 e. The van der Waals surface area contributed by atoms with Gasteiger partial charge in [0.1, 0.15) is 12.3 Å². The number of nitrogens with zero attached hydrogens (tertiary/aromatic N) is 6. The molecule has 43 heavy (non-hydrogen) atoms. The second kappa shape index (κ2) is 12.8. The lowest BCUT2D eigenvalue weighted by Gasteiger charge is -2.13. The van der Waals surface area contributed by atoms with E-state index in [2.05, 4.69) is 20.6 Å². The Kier molecular flexibility index (Phi) is 8.50. The number of carbonyl (C=O) groups is 1. The molecule has 216 valence electrons. The molecule has 13 heteroatoms. The van der Waals surface area contributed by atoms with Gasteiger partial charge in [0.2, 0.25) is 5.91 Å². The number of rotatable bonds is 10. The minimum absolute atomic E-state index is 0.0272. The van der Waals surface area contributed by atoms with E-state index in [-0.39, 0.29) is 18.0 Å². The van der Waals surface area contributed by atoms with Gasteiger partial charge in [0.25, 0.3) is 5.56 Å². The number of ether oxygens (including phenoxy) is 1. The van der Waals surface area contributed by atoms with E-state index in [4.69, 9.17) is 21.3 Å². The number of amides is 1. The Balaban J connectivity index is 1.13. The minimum Gasteiger partial charge on any atom is -0.497 e. The first-order valence-corrected chi connectivity index (χ1v) is 15.3. The maximum Gasteiger partial charge on any atom is 0.262 e. The number of hydrogen-bond donors (Lipinski definition) is 1. The van der Waals surface area contributed by atoms with E-state index in [1.54, 1.807) is 36.1 Å². The lowest BCUT2D eigenvalue weighted by atomic mass is 10.2. The Bertz CT molecular complexity index is 1960. The van der Waals surface area contributed by atoms with Crippen LogP contribution >= 0.6 is 34.7 Å². The van der Waals surface area contributed by atoms with E-state index in [9.17, 15) is 9.59 Å². The quantitative estimate of drug-likeness (QED) is 0.150. The SMILES string of the molecule is COc1ccc(-c2csc(NC(=O)Cn3cc(CSc4nc5cc(Cl)ccc5c(=O)n4Cc4ccccc4)nn3)n2)cc1. The zero-order valence-electron chi connectivity index (χ0n) is 22.8. The molecule has 0 aliphatic heterocycles. The highest BCUT2D eigenvalue weighted by Gasteiger charge is 2.15. The number of fused-ring (bicyclic) bond motifs is 1. The highest BCUT2D eigenvalue weighted by molar-refractivity contribution is 7.98. The second-order valence-corrected chi connectivity index (χ2v) is 11.7. The number of methoxy groups -OCH3 is 1. The molecule has 6 aromatic rings. The van der Waals surface area contributed by atoms with E-state index >= 15 is 0 Å². The van der Waals surface area contributed by atoms with Crippen molar-refractivity contribution in [3.8, 4) is 17.0 Å². The predicted molar refractivity (Wildman–Crippen MR) is 169 cm³/mol. The summed E-state index contributed by atoms with van der Waals surface area (Å²) in [6.07, 6.45) is 1.70. The molecule has 0 bridgehead atoms. The predicted octanol–water partition coefficient (Wildman–Crippen LogP) is 5.75. The molecule has 3 aromatic heterocycles. The third-order valence-corrected chi connectivity index (χ3v) is 8.45. The molecule has 3 heterocycles. The zero-order chi connectivity index (χ0) is 29.8. The fourth-order valence-corrected chi connectivity index (χ4v) is 6.12. The maximum atomic E-state index is 13.4. The normalized spacial score (nSPS) is 11.1. The van der Waals surface area contributed by atoms with Gasteiger partial charge in [-0.25, -0.2) is 14.6 Å².